The average molecular weight is 277 g/mol. The first kappa shape index (κ1) is 14.2. The number of aromatic nitrogens is 4. The standard InChI is InChI=1S/C13H19N5O2/c1-8(2)12-14-5-6-18(12)10(4)13(19)15-7-11-9(3)16-20-17-11/h5-6,8,10H,7H2,1-4H3,(H,15,19)/t10-/m1/s1. The van der Waals surface area contributed by atoms with E-state index in [0.29, 0.717) is 17.9 Å². The van der Waals surface area contributed by atoms with Gasteiger partial charge in [-0.05, 0) is 13.8 Å². The highest BCUT2D eigenvalue weighted by molar-refractivity contribution is 5.79. The number of nitrogens with one attached hydrogen (secondary N) is 1. The van der Waals surface area contributed by atoms with Gasteiger partial charge in [-0.2, -0.15) is 0 Å². The maximum absolute atomic E-state index is 12.2. The molecule has 0 spiro atoms. The Hall–Kier alpha value is -2.18. The Kier molecular flexibility index (Phi) is 4.16. The second kappa shape index (κ2) is 5.85. The number of imidazole rings is 1. The van der Waals surface area contributed by atoms with E-state index in [1.807, 2.05) is 31.5 Å². The molecule has 2 heterocycles. The molecule has 7 heteroatoms. The van der Waals surface area contributed by atoms with Gasteiger partial charge in [0.25, 0.3) is 0 Å². The van der Waals surface area contributed by atoms with E-state index in [0.717, 1.165) is 5.82 Å². The molecule has 0 aliphatic rings. The minimum absolute atomic E-state index is 0.0905. The molecule has 1 N–H and O–H groups in total. The van der Waals surface area contributed by atoms with E-state index in [-0.39, 0.29) is 17.9 Å². The Morgan fingerprint density at radius 2 is 2.15 bits per heavy atom. The van der Waals surface area contributed by atoms with E-state index >= 15 is 0 Å². The number of hydrogen-bond donors (Lipinski definition) is 1. The first-order chi connectivity index (χ1) is 9.50. The maximum Gasteiger partial charge on any atom is 0.243 e. The van der Waals surface area contributed by atoms with Crippen LogP contribution in [0.5, 0.6) is 0 Å². The van der Waals surface area contributed by atoms with Gasteiger partial charge in [-0.25, -0.2) is 9.61 Å². The molecular formula is C13H19N5O2. The van der Waals surface area contributed by atoms with Crippen molar-refractivity contribution in [1.29, 1.82) is 0 Å². The quantitative estimate of drug-likeness (QED) is 0.896. The van der Waals surface area contributed by atoms with Crippen LogP contribution in [0.15, 0.2) is 17.0 Å². The number of carbonyl (C=O) groups excluding carboxylic acids is 1. The summed E-state index contributed by atoms with van der Waals surface area (Å²) < 4.78 is 6.48. The summed E-state index contributed by atoms with van der Waals surface area (Å²) in [6, 6.07) is -0.324. The van der Waals surface area contributed by atoms with Crippen LogP contribution in [0.1, 0.15) is 49.9 Å². The normalized spacial score (nSPS) is 12.7. The van der Waals surface area contributed by atoms with Gasteiger partial charge < -0.3 is 9.88 Å². The maximum atomic E-state index is 12.2. The van der Waals surface area contributed by atoms with E-state index in [9.17, 15) is 4.79 Å². The number of carbonyl (C=O) groups is 1. The van der Waals surface area contributed by atoms with E-state index in [1.165, 1.54) is 0 Å². The molecule has 0 saturated heterocycles. The summed E-state index contributed by atoms with van der Waals surface area (Å²) in [6.45, 7) is 8.04. The molecule has 0 aliphatic carbocycles. The van der Waals surface area contributed by atoms with E-state index in [2.05, 4.69) is 25.2 Å². The van der Waals surface area contributed by atoms with Crippen molar-refractivity contribution in [3.63, 3.8) is 0 Å². The zero-order valence-corrected chi connectivity index (χ0v) is 12.1. The SMILES string of the molecule is Cc1nonc1CNC(=O)[C@@H](C)n1ccnc1C(C)C. The molecule has 0 aromatic carbocycles. The summed E-state index contributed by atoms with van der Waals surface area (Å²) in [5.74, 6) is 1.07. The Morgan fingerprint density at radius 1 is 1.40 bits per heavy atom. The van der Waals surface area contributed by atoms with Gasteiger partial charge in [0.05, 0.1) is 6.54 Å². The minimum Gasteiger partial charge on any atom is -0.348 e. The zero-order chi connectivity index (χ0) is 14.7. The topological polar surface area (TPSA) is 85.8 Å². The molecular weight excluding hydrogens is 258 g/mol. The van der Waals surface area contributed by atoms with Crippen molar-refractivity contribution in [3.05, 3.63) is 29.6 Å². The zero-order valence-electron chi connectivity index (χ0n) is 12.1. The monoisotopic (exact) mass is 277 g/mol. The van der Waals surface area contributed by atoms with Crippen LogP contribution < -0.4 is 5.32 Å². The van der Waals surface area contributed by atoms with Crippen LogP contribution in [0.2, 0.25) is 0 Å². The third kappa shape index (κ3) is 2.87. The van der Waals surface area contributed by atoms with Crippen molar-refractivity contribution < 1.29 is 9.42 Å². The van der Waals surface area contributed by atoms with Crippen LogP contribution in [0, 0.1) is 6.92 Å². The van der Waals surface area contributed by atoms with Gasteiger partial charge in [-0.15, -0.1) is 0 Å². The Labute approximate surface area is 117 Å². The molecule has 0 bridgehead atoms. The van der Waals surface area contributed by atoms with Crippen LogP contribution in [0.25, 0.3) is 0 Å². The molecule has 0 fully saturated rings. The molecule has 2 aromatic rings. The fraction of sp³-hybridized carbons (Fsp3) is 0.538. The van der Waals surface area contributed by atoms with Crippen molar-refractivity contribution in [2.24, 2.45) is 0 Å². The smallest absolute Gasteiger partial charge is 0.243 e. The average Bonchev–Trinajstić information content (AvgIpc) is 3.03. The first-order valence-electron chi connectivity index (χ1n) is 6.59. The molecule has 2 aromatic heterocycles. The summed E-state index contributed by atoms with van der Waals surface area (Å²) in [5, 5.41) is 10.2. The van der Waals surface area contributed by atoms with E-state index in [4.69, 9.17) is 0 Å². The Bertz CT molecular complexity index is 587. The van der Waals surface area contributed by atoms with E-state index < -0.39 is 0 Å². The Balaban J connectivity index is 2.02. The predicted molar refractivity (Wildman–Crippen MR) is 71.9 cm³/mol. The van der Waals surface area contributed by atoms with Crippen molar-refractivity contribution in [2.45, 2.75) is 46.2 Å². The van der Waals surface area contributed by atoms with Crippen LogP contribution in [-0.2, 0) is 11.3 Å². The van der Waals surface area contributed by atoms with Gasteiger partial charge in [-0.3, -0.25) is 4.79 Å². The second-order valence-corrected chi connectivity index (χ2v) is 5.04. The predicted octanol–water partition coefficient (Wildman–Crippen LogP) is 1.58. The van der Waals surface area contributed by atoms with Gasteiger partial charge in [0.15, 0.2) is 0 Å². The molecule has 108 valence electrons. The van der Waals surface area contributed by atoms with Crippen molar-refractivity contribution in [2.75, 3.05) is 0 Å². The number of aryl methyl sites for hydroxylation is 1. The summed E-state index contributed by atoms with van der Waals surface area (Å²) in [5.41, 5.74) is 1.32. The number of rotatable bonds is 5. The lowest BCUT2D eigenvalue weighted by molar-refractivity contribution is -0.124. The van der Waals surface area contributed by atoms with Gasteiger partial charge in [0.1, 0.15) is 23.3 Å². The number of nitrogens with zero attached hydrogens (tertiary/aromatic N) is 4. The molecule has 0 unspecified atom stereocenters. The summed E-state index contributed by atoms with van der Waals surface area (Å²) in [4.78, 5) is 16.5. The molecule has 0 aliphatic heterocycles. The fourth-order valence-electron chi connectivity index (χ4n) is 1.95. The molecule has 2 rings (SSSR count). The molecule has 7 nitrogen and oxygen atoms in total. The lowest BCUT2D eigenvalue weighted by Crippen LogP contribution is -2.31. The lowest BCUT2D eigenvalue weighted by Gasteiger charge is -2.17. The third-order valence-electron chi connectivity index (χ3n) is 3.19. The van der Waals surface area contributed by atoms with Crippen LogP contribution in [-0.4, -0.2) is 25.8 Å². The highest BCUT2D eigenvalue weighted by Gasteiger charge is 2.19. The van der Waals surface area contributed by atoms with Gasteiger partial charge in [0, 0.05) is 18.3 Å². The molecule has 20 heavy (non-hydrogen) atoms. The largest absolute Gasteiger partial charge is 0.348 e. The molecule has 1 atom stereocenters. The van der Waals surface area contributed by atoms with Crippen molar-refractivity contribution >= 4 is 5.91 Å². The first-order valence-corrected chi connectivity index (χ1v) is 6.59. The Morgan fingerprint density at radius 3 is 2.75 bits per heavy atom. The summed E-state index contributed by atoms with van der Waals surface area (Å²) in [7, 11) is 0. The lowest BCUT2D eigenvalue weighted by atomic mass is 10.2. The summed E-state index contributed by atoms with van der Waals surface area (Å²) in [6.07, 6.45) is 3.54. The molecule has 1 amide bonds. The minimum atomic E-state index is -0.324. The molecule has 0 radical (unpaired) electrons. The highest BCUT2D eigenvalue weighted by Crippen LogP contribution is 2.17. The second-order valence-electron chi connectivity index (χ2n) is 5.04. The van der Waals surface area contributed by atoms with Gasteiger partial charge in [0.2, 0.25) is 5.91 Å². The summed E-state index contributed by atoms with van der Waals surface area (Å²) >= 11 is 0. The van der Waals surface area contributed by atoms with E-state index in [1.54, 1.807) is 13.1 Å². The van der Waals surface area contributed by atoms with Crippen LogP contribution in [0.3, 0.4) is 0 Å². The molecule has 0 saturated carbocycles. The van der Waals surface area contributed by atoms with Crippen LogP contribution >= 0.6 is 0 Å². The third-order valence-corrected chi connectivity index (χ3v) is 3.19. The number of amides is 1. The number of hydrogen-bond acceptors (Lipinski definition) is 5. The van der Waals surface area contributed by atoms with Gasteiger partial charge in [-0.1, -0.05) is 24.2 Å². The fourth-order valence-corrected chi connectivity index (χ4v) is 1.95. The van der Waals surface area contributed by atoms with Crippen molar-refractivity contribution in [3.8, 4) is 0 Å². The van der Waals surface area contributed by atoms with Crippen molar-refractivity contribution in [1.82, 2.24) is 25.2 Å². The van der Waals surface area contributed by atoms with Crippen LogP contribution in [0.4, 0.5) is 0 Å². The highest BCUT2D eigenvalue weighted by atomic mass is 16.6. The van der Waals surface area contributed by atoms with Gasteiger partial charge >= 0.3 is 0 Å².